The number of benzene rings is 1. The van der Waals surface area contributed by atoms with E-state index in [0.29, 0.717) is 48.1 Å². The Morgan fingerprint density at radius 1 is 1.17 bits per heavy atom. The molecule has 0 radical (unpaired) electrons. The van der Waals surface area contributed by atoms with Crippen molar-refractivity contribution in [2.24, 2.45) is 0 Å². The first-order chi connectivity index (χ1) is 14.6. The number of piperidine rings is 1. The standard InChI is InChI=1S/C18H20Cl2N8O2/c19-13-5-11(6-14(20)7-13)8-22-18(29)28-3-1-12(2-4-28)16-25-26-17(30-16)21-9-15-10-23-27-24-15/h5-7,10,12H,1-4,8-9H2,(H,21,26)(H,22,29)(H,23,24,27). The van der Waals surface area contributed by atoms with E-state index in [9.17, 15) is 4.79 Å². The molecule has 0 saturated carbocycles. The number of anilines is 1. The van der Waals surface area contributed by atoms with Crippen LogP contribution in [0.3, 0.4) is 0 Å². The molecule has 10 nitrogen and oxygen atoms in total. The van der Waals surface area contributed by atoms with Crippen LogP contribution in [0.15, 0.2) is 28.8 Å². The van der Waals surface area contributed by atoms with Crippen molar-refractivity contribution in [2.75, 3.05) is 18.4 Å². The summed E-state index contributed by atoms with van der Waals surface area (Å²) in [5.41, 5.74) is 1.60. The number of carbonyl (C=O) groups excluding carboxylic acids is 1. The number of likely N-dealkylation sites (tertiary alicyclic amines) is 1. The predicted octanol–water partition coefficient (Wildman–Crippen LogP) is 3.20. The van der Waals surface area contributed by atoms with Crippen LogP contribution < -0.4 is 10.6 Å². The van der Waals surface area contributed by atoms with Crippen LogP contribution >= 0.6 is 23.2 Å². The number of nitrogens with zero attached hydrogens (tertiary/aromatic N) is 5. The number of hydrogen-bond donors (Lipinski definition) is 3. The van der Waals surface area contributed by atoms with Gasteiger partial charge in [-0.25, -0.2) is 4.79 Å². The largest absolute Gasteiger partial charge is 0.408 e. The second-order valence-electron chi connectivity index (χ2n) is 6.96. The van der Waals surface area contributed by atoms with Gasteiger partial charge >= 0.3 is 12.0 Å². The van der Waals surface area contributed by atoms with Gasteiger partial charge in [0.05, 0.1) is 12.7 Å². The quantitative estimate of drug-likeness (QED) is 0.526. The molecule has 3 heterocycles. The van der Waals surface area contributed by atoms with Gasteiger partial charge in [0.25, 0.3) is 0 Å². The fraction of sp³-hybridized carbons (Fsp3) is 0.389. The lowest BCUT2D eigenvalue weighted by atomic mass is 9.97. The highest BCUT2D eigenvalue weighted by atomic mass is 35.5. The average Bonchev–Trinajstić information content (AvgIpc) is 3.42. The summed E-state index contributed by atoms with van der Waals surface area (Å²) in [5, 5.41) is 25.4. The van der Waals surface area contributed by atoms with Gasteiger partial charge in [-0.15, -0.1) is 5.10 Å². The molecule has 1 saturated heterocycles. The number of aromatic nitrogens is 5. The van der Waals surface area contributed by atoms with Gasteiger partial charge < -0.3 is 20.0 Å². The van der Waals surface area contributed by atoms with Gasteiger partial charge in [-0.3, -0.25) is 0 Å². The molecule has 158 valence electrons. The third-order valence-corrected chi connectivity index (χ3v) is 5.26. The molecule has 2 aromatic heterocycles. The van der Waals surface area contributed by atoms with Crippen LogP contribution in [0.2, 0.25) is 10.0 Å². The highest BCUT2D eigenvalue weighted by Crippen LogP contribution is 2.28. The Kier molecular flexibility index (Phi) is 6.34. The second-order valence-corrected chi connectivity index (χ2v) is 7.83. The Balaban J connectivity index is 1.24. The number of carbonyl (C=O) groups is 1. The highest BCUT2D eigenvalue weighted by Gasteiger charge is 2.27. The molecule has 1 aliphatic heterocycles. The molecule has 1 fully saturated rings. The molecule has 4 rings (SSSR count). The molecule has 2 amide bonds. The van der Waals surface area contributed by atoms with Crippen molar-refractivity contribution < 1.29 is 9.21 Å². The molecular formula is C18H20Cl2N8O2. The number of H-pyrrole nitrogens is 1. The van der Waals surface area contributed by atoms with Gasteiger partial charge in [-0.1, -0.05) is 28.3 Å². The summed E-state index contributed by atoms with van der Waals surface area (Å²) in [6.45, 7) is 2.02. The number of amides is 2. The number of aromatic amines is 1. The molecule has 3 aromatic rings. The fourth-order valence-electron chi connectivity index (χ4n) is 3.28. The van der Waals surface area contributed by atoms with Crippen LogP contribution in [0.4, 0.5) is 10.8 Å². The van der Waals surface area contributed by atoms with Crippen molar-refractivity contribution in [1.82, 2.24) is 35.8 Å². The fourth-order valence-corrected chi connectivity index (χ4v) is 3.85. The van der Waals surface area contributed by atoms with Crippen molar-refractivity contribution in [2.45, 2.75) is 31.8 Å². The minimum absolute atomic E-state index is 0.120. The van der Waals surface area contributed by atoms with E-state index in [1.54, 1.807) is 29.3 Å². The topological polar surface area (TPSA) is 125 Å². The lowest BCUT2D eigenvalue weighted by Gasteiger charge is -2.30. The zero-order valence-corrected chi connectivity index (χ0v) is 17.4. The molecule has 0 atom stereocenters. The van der Waals surface area contributed by atoms with Crippen molar-refractivity contribution in [1.29, 1.82) is 0 Å². The molecule has 0 aliphatic carbocycles. The smallest absolute Gasteiger partial charge is 0.317 e. The van der Waals surface area contributed by atoms with E-state index in [-0.39, 0.29) is 11.9 Å². The lowest BCUT2D eigenvalue weighted by Crippen LogP contribution is -2.43. The van der Waals surface area contributed by atoms with Crippen molar-refractivity contribution >= 4 is 35.2 Å². The summed E-state index contributed by atoms with van der Waals surface area (Å²) in [5.74, 6) is 0.696. The summed E-state index contributed by atoms with van der Waals surface area (Å²) < 4.78 is 5.71. The van der Waals surface area contributed by atoms with Crippen molar-refractivity contribution in [3.05, 3.63) is 51.6 Å². The normalized spacial score (nSPS) is 14.7. The number of halogens is 2. The summed E-state index contributed by atoms with van der Waals surface area (Å²) in [6, 6.07) is 5.44. The number of hydrogen-bond acceptors (Lipinski definition) is 7. The van der Waals surface area contributed by atoms with E-state index in [2.05, 4.69) is 36.2 Å². The number of urea groups is 1. The monoisotopic (exact) mass is 450 g/mol. The summed E-state index contributed by atoms with van der Waals surface area (Å²) in [7, 11) is 0. The number of rotatable bonds is 6. The van der Waals surface area contributed by atoms with E-state index < -0.39 is 0 Å². The van der Waals surface area contributed by atoms with Crippen LogP contribution in [-0.2, 0) is 13.1 Å². The predicted molar refractivity (Wildman–Crippen MR) is 110 cm³/mol. The first-order valence-electron chi connectivity index (χ1n) is 9.46. The number of nitrogens with one attached hydrogen (secondary N) is 3. The molecular weight excluding hydrogens is 431 g/mol. The Hall–Kier alpha value is -2.85. The minimum Gasteiger partial charge on any atom is -0.408 e. The summed E-state index contributed by atoms with van der Waals surface area (Å²) in [6.07, 6.45) is 3.12. The van der Waals surface area contributed by atoms with Gasteiger partial charge in [0.2, 0.25) is 5.89 Å². The van der Waals surface area contributed by atoms with E-state index >= 15 is 0 Å². The maximum absolute atomic E-state index is 12.5. The third kappa shape index (κ3) is 5.19. The van der Waals surface area contributed by atoms with Crippen molar-refractivity contribution in [3.63, 3.8) is 0 Å². The zero-order chi connectivity index (χ0) is 20.9. The lowest BCUT2D eigenvalue weighted by molar-refractivity contribution is 0.177. The van der Waals surface area contributed by atoms with Gasteiger partial charge in [-0.2, -0.15) is 15.4 Å². The van der Waals surface area contributed by atoms with E-state index in [0.717, 1.165) is 24.1 Å². The maximum Gasteiger partial charge on any atom is 0.317 e. The van der Waals surface area contributed by atoms with Crippen LogP contribution in [0.5, 0.6) is 0 Å². The molecule has 12 heteroatoms. The average molecular weight is 451 g/mol. The molecule has 30 heavy (non-hydrogen) atoms. The van der Waals surface area contributed by atoms with Crippen molar-refractivity contribution in [3.8, 4) is 0 Å². The minimum atomic E-state index is -0.120. The zero-order valence-electron chi connectivity index (χ0n) is 15.9. The Morgan fingerprint density at radius 2 is 1.93 bits per heavy atom. The van der Waals surface area contributed by atoms with Gasteiger partial charge in [0, 0.05) is 35.6 Å². The Labute approximate surface area is 182 Å². The Bertz CT molecular complexity index is 966. The highest BCUT2D eigenvalue weighted by molar-refractivity contribution is 6.34. The third-order valence-electron chi connectivity index (χ3n) is 4.82. The van der Waals surface area contributed by atoms with Gasteiger partial charge in [-0.05, 0) is 36.6 Å². The Morgan fingerprint density at radius 3 is 2.63 bits per heavy atom. The van der Waals surface area contributed by atoms with Crippen LogP contribution in [0, 0.1) is 0 Å². The van der Waals surface area contributed by atoms with E-state index in [4.69, 9.17) is 27.6 Å². The first kappa shape index (κ1) is 20.4. The molecule has 1 aliphatic rings. The van der Waals surface area contributed by atoms with E-state index in [1.165, 1.54) is 0 Å². The molecule has 1 aromatic carbocycles. The SMILES string of the molecule is O=C(NCc1cc(Cl)cc(Cl)c1)N1CCC(c2nnc(NCc3cn[nH]n3)o2)CC1. The molecule has 0 spiro atoms. The maximum atomic E-state index is 12.5. The molecule has 0 bridgehead atoms. The molecule has 0 unspecified atom stereocenters. The molecule has 3 N–H and O–H groups in total. The second kappa shape index (κ2) is 9.31. The summed E-state index contributed by atoms with van der Waals surface area (Å²) >= 11 is 12.0. The van der Waals surface area contributed by atoms with E-state index in [1.807, 2.05) is 0 Å². The van der Waals surface area contributed by atoms with Gasteiger partial charge in [0.15, 0.2) is 0 Å². The van der Waals surface area contributed by atoms with Crippen LogP contribution in [-0.4, -0.2) is 49.6 Å². The summed E-state index contributed by atoms with van der Waals surface area (Å²) in [4.78, 5) is 14.2. The van der Waals surface area contributed by atoms with Crippen LogP contribution in [0.1, 0.15) is 35.9 Å². The first-order valence-corrected chi connectivity index (χ1v) is 10.2. The van der Waals surface area contributed by atoms with Crippen LogP contribution in [0.25, 0.3) is 0 Å². The van der Waals surface area contributed by atoms with Gasteiger partial charge in [0.1, 0.15) is 5.69 Å².